The van der Waals surface area contributed by atoms with Gasteiger partial charge in [-0.25, -0.2) is 0 Å². The Bertz CT molecular complexity index is 769. The lowest BCUT2D eigenvalue weighted by atomic mass is 10.2. The Morgan fingerprint density at radius 1 is 1.16 bits per heavy atom. The number of halogens is 1. The van der Waals surface area contributed by atoms with Crippen LogP contribution in [0.1, 0.15) is 10.6 Å². The molecule has 1 aromatic heterocycles. The Labute approximate surface area is 153 Å². The van der Waals surface area contributed by atoms with Gasteiger partial charge in [-0.1, -0.05) is 6.07 Å². The monoisotopic (exact) mass is 407 g/mol. The highest BCUT2D eigenvalue weighted by molar-refractivity contribution is 9.10. The minimum atomic E-state index is -0.419. The predicted octanol–water partition coefficient (Wildman–Crippen LogP) is 1.83. The molecule has 25 heavy (non-hydrogen) atoms. The van der Waals surface area contributed by atoms with Gasteiger partial charge in [-0.2, -0.15) is 0 Å². The third-order valence-electron chi connectivity index (χ3n) is 4.02. The molecule has 1 aliphatic heterocycles. The standard InChI is InChI=1S/C17H18BrN3O4/c18-15-5-4-14(25-15)17(24)19-11-16(23)21-8-6-20(7-9-21)12-2-1-3-13(22)10-12/h1-5,10,22H,6-9,11H2,(H,19,24). The summed E-state index contributed by atoms with van der Waals surface area (Å²) < 4.78 is 5.61. The van der Waals surface area contributed by atoms with E-state index < -0.39 is 5.91 Å². The zero-order chi connectivity index (χ0) is 17.8. The lowest BCUT2D eigenvalue weighted by molar-refractivity contribution is -0.130. The van der Waals surface area contributed by atoms with E-state index in [0.29, 0.717) is 30.8 Å². The number of aromatic hydroxyl groups is 1. The molecule has 7 nitrogen and oxygen atoms in total. The molecule has 0 atom stereocenters. The maximum absolute atomic E-state index is 12.2. The quantitative estimate of drug-likeness (QED) is 0.807. The van der Waals surface area contributed by atoms with Crippen LogP contribution in [0.15, 0.2) is 45.5 Å². The fourth-order valence-electron chi connectivity index (χ4n) is 2.69. The first-order valence-electron chi connectivity index (χ1n) is 7.88. The van der Waals surface area contributed by atoms with Crippen molar-refractivity contribution in [1.29, 1.82) is 0 Å². The van der Waals surface area contributed by atoms with Crippen LogP contribution in [0, 0.1) is 0 Å². The average Bonchev–Trinajstić information content (AvgIpc) is 3.06. The molecule has 8 heteroatoms. The van der Waals surface area contributed by atoms with Crippen LogP contribution in [0.2, 0.25) is 0 Å². The molecule has 0 aliphatic carbocycles. The van der Waals surface area contributed by atoms with E-state index in [0.717, 1.165) is 5.69 Å². The van der Waals surface area contributed by atoms with Crippen LogP contribution in [0.4, 0.5) is 5.69 Å². The molecular formula is C17H18BrN3O4. The molecule has 0 spiro atoms. The van der Waals surface area contributed by atoms with Crippen LogP contribution in [-0.2, 0) is 4.79 Å². The maximum atomic E-state index is 12.2. The number of carbonyl (C=O) groups excluding carboxylic acids is 2. The van der Waals surface area contributed by atoms with E-state index in [1.807, 2.05) is 6.07 Å². The third kappa shape index (κ3) is 4.33. The number of amides is 2. The lowest BCUT2D eigenvalue weighted by Crippen LogP contribution is -2.51. The van der Waals surface area contributed by atoms with Gasteiger partial charge in [0.15, 0.2) is 10.4 Å². The summed E-state index contributed by atoms with van der Waals surface area (Å²) in [6.45, 7) is 2.42. The predicted molar refractivity (Wildman–Crippen MR) is 95.6 cm³/mol. The highest BCUT2D eigenvalue weighted by Gasteiger charge is 2.22. The van der Waals surface area contributed by atoms with Crippen LogP contribution >= 0.6 is 15.9 Å². The van der Waals surface area contributed by atoms with Gasteiger partial charge in [0.2, 0.25) is 5.91 Å². The van der Waals surface area contributed by atoms with Gasteiger partial charge in [-0.3, -0.25) is 9.59 Å². The zero-order valence-electron chi connectivity index (χ0n) is 13.4. The van der Waals surface area contributed by atoms with Gasteiger partial charge in [-0.05, 0) is 40.2 Å². The Balaban J connectivity index is 1.47. The van der Waals surface area contributed by atoms with E-state index in [-0.39, 0.29) is 24.0 Å². The highest BCUT2D eigenvalue weighted by atomic mass is 79.9. The van der Waals surface area contributed by atoms with Gasteiger partial charge in [-0.15, -0.1) is 0 Å². The number of anilines is 1. The van der Waals surface area contributed by atoms with Gasteiger partial charge in [0.05, 0.1) is 6.54 Å². The van der Waals surface area contributed by atoms with Crippen LogP contribution < -0.4 is 10.2 Å². The molecule has 1 saturated heterocycles. The molecule has 2 amide bonds. The van der Waals surface area contributed by atoms with Crippen LogP contribution in [0.5, 0.6) is 5.75 Å². The van der Waals surface area contributed by atoms with Gasteiger partial charge in [0.25, 0.3) is 5.91 Å². The Morgan fingerprint density at radius 2 is 1.92 bits per heavy atom. The summed E-state index contributed by atoms with van der Waals surface area (Å²) in [6, 6.07) is 10.2. The summed E-state index contributed by atoms with van der Waals surface area (Å²) >= 11 is 3.13. The molecule has 2 aromatic rings. The number of phenols is 1. The van der Waals surface area contributed by atoms with Crippen molar-refractivity contribution in [2.75, 3.05) is 37.6 Å². The summed E-state index contributed by atoms with van der Waals surface area (Å²) in [6.07, 6.45) is 0. The molecule has 2 N–H and O–H groups in total. The maximum Gasteiger partial charge on any atom is 0.287 e. The zero-order valence-corrected chi connectivity index (χ0v) is 15.0. The van der Waals surface area contributed by atoms with Gasteiger partial charge in [0, 0.05) is 37.9 Å². The fourth-order valence-corrected chi connectivity index (χ4v) is 3.00. The largest absolute Gasteiger partial charge is 0.508 e. The molecule has 2 heterocycles. The second-order valence-electron chi connectivity index (χ2n) is 5.67. The topological polar surface area (TPSA) is 86.0 Å². The average molecular weight is 408 g/mol. The first kappa shape index (κ1) is 17.3. The number of furan rings is 1. The molecule has 0 unspecified atom stereocenters. The Hall–Kier alpha value is -2.48. The van der Waals surface area contributed by atoms with Gasteiger partial charge >= 0.3 is 0 Å². The number of nitrogens with one attached hydrogen (secondary N) is 1. The Morgan fingerprint density at radius 3 is 2.56 bits per heavy atom. The van der Waals surface area contributed by atoms with Crippen molar-refractivity contribution in [2.24, 2.45) is 0 Å². The van der Waals surface area contributed by atoms with Crippen molar-refractivity contribution >= 4 is 33.4 Å². The molecule has 0 bridgehead atoms. The summed E-state index contributed by atoms with van der Waals surface area (Å²) in [5.41, 5.74) is 0.934. The molecule has 1 fully saturated rings. The number of hydrogen-bond acceptors (Lipinski definition) is 5. The van der Waals surface area contributed by atoms with Crippen molar-refractivity contribution in [3.63, 3.8) is 0 Å². The molecule has 132 valence electrons. The van der Waals surface area contributed by atoms with Gasteiger partial charge in [0.1, 0.15) is 5.75 Å². The first-order chi connectivity index (χ1) is 12.0. The Kier molecular flexibility index (Phi) is 5.28. The van der Waals surface area contributed by atoms with E-state index >= 15 is 0 Å². The lowest BCUT2D eigenvalue weighted by Gasteiger charge is -2.36. The first-order valence-corrected chi connectivity index (χ1v) is 8.67. The number of benzene rings is 1. The summed E-state index contributed by atoms with van der Waals surface area (Å²) in [5.74, 6) is -0.163. The van der Waals surface area contributed by atoms with Crippen LogP contribution in [0.3, 0.4) is 0 Å². The van der Waals surface area contributed by atoms with Crippen molar-refractivity contribution in [1.82, 2.24) is 10.2 Å². The molecule has 3 rings (SSSR count). The number of carbonyl (C=O) groups is 2. The minimum absolute atomic E-state index is 0.0662. The second kappa shape index (κ2) is 7.60. The van der Waals surface area contributed by atoms with Crippen LogP contribution in [-0.4, -0.2) is 54.5 Å². The van der Waals surface area contributed by atoms with Crippen molar-refractivity contribution < 1.29 is 19.1 Å². The van der Waals surface area contributed by atoms with Crippen molar-refractivity contribution in [2.45, 2.75) is 0 Å². The number of piperazine rings is 1. The molecule has 1 aromatic carbocycles. The second-order valence-corrected chi connectivity index (χ2v) is 6.46. The van der Waals surface area contributed by atoms with Crippen molar-refractivity contribution in [3.05, 3.63) is 46.8 Å². The highest BCUT2D eigenvalue weighted by Crippen LogP contribution is 2.21. The molecule has 1 aliphatic rings. The number of rotatable bonds is 4. The van der Waals surface area contributed by atoms with E-state index in [4.69, 9.17) is 4.42 Å². The number of hydrogen-bond donors (Lipinski definition) is 2. The summed E-state index contributed by atoms with van der Waals surface area (Å²) in [7, 11) is 0. The van der Waals surface area contributed by atoms with E-state index in [1.165, 1.54) is 6.07 Å². The van der Waals surface area contributed by atoms with Gasteiger partial charge < -0.3 is 24.6 Å². The molecule has 0 saturated carbocycles. The molecule has 0 radical (unpaired) electrons. The minimum Gasteiger partial charge on any atom is -0.508 e. The molecular weight excluding hydrogens is 390 g/mol. The van der Waals surface area contributed by atoms with Crippen molar-refractivity contribution in [3.8, 4) is 5.75 Å². The van der Waals surface area contributed by atoms with E-state index in [2.05, 4.69) is 26.1 Å². The fraction of sp³-hybridized carbons (Fsp3) is 0.294. The smallest absolute Gasteiger partial charge is 0.287 e. The van der Waals surface area contributed by atoms with Crippen LogP contribution in [0.25, 0.3) is 0 Å². The number of nitrogens with zero attached hydrogens (tertiary/aromatic N) is 2. The van der Waals surface area contributed by atoms with E-state index in [9.17, 15) is 14.7 Å². The number of phenolic OH excluding ortho intramolecular Hbond substituents is 1. The summed E-state index contributed by atoms with van der Waals surface area (Å²) in [5, 5.41) is 12.1. The normalized spacial score (nSPS) is 14.4. The SMILES string of the molecule is O=C(NCC(=O)N1CCN(c2cccc(O)c2)CC1)c1ccc(Br)o1. The summed E-state index contributed by atoms with van der Waals surface area (Å²) in [4.78, 5) is 28.0. The third-order valence-corrected chi connectivity index (χ3v) is 4.45. The van der Waals surface area contributed by atoms with E-state index in [1.54, 1.807) is 29.2 Å².